The number of carbonyl (C=O) groups excluding carboxylic acids is 1. The van der Waals surface area contributed by atoms with Crippen molar-refractivity contribution in [2.24, 2.45) is 0 Å². The lowest BCUT2D eigenvalue weighted by atomic mass is 10.1. The molecule has 1 aliphatic rings. The number of hydrogen-bond donors (Lipinski definition) is 0. The van der Waals surface area contributed by atoms with E-state index in [1.165, 1.54) is 11.8 Å². The first kappa shape index (κ1) is 26.8. The molecule has 0 aliphatic carbocycles. The monoisotopic (exact) mass is 582 g/mol. The summed E-state index contributed by atoms with van der Waals surface area (Å²) in [7, 11) is -4.46. The molecule has 0 bridgehead atoms. The molecule has 2 aromatic rings. The third-order valence-electron chi connectivity index (χ3n) is 5.02. The number of piperazine rings is 1. The molecule has 188 valence electrons. The number of benzene rings is 1. The second-order valence-electron chi connectivity index (χ2n) is 7.17. The molecule has 0 N–H and O–H groups in total. The summed E-state index contributed by atoms with van der Waals surface area (Å²) in [4.78, 5) is 15.9. The van der Waals surface area contributed by atoms with Gasteiger partial charge in [0.2, 0.25) is 10.0 Å². The number of anilines is 1. The number of esters is 1. The smallest absolute Gasteiger partial charge is 0.434 e. The quantitative estimate of drug-likeness (QED) is 0.301. The molecular formula is C20H16BrF5N4O4S. The second kappa shape index (κ2) is 10.0. The molecule has 1 aromatic carbocycles. The number of hydrogen-bond acceptors (Lipinski definition) is 7. The number of aromatic nitrogens is 1. The summed E-state index contributed by atoms with van der Waals surface area (Å²) in [6, 6.07) is 3.62. The summed E-state index contributed by atoms with van der Waals surface area (Å²) in [5.74, 6) is -3.87. The molecule has 1 aliphatic heterocycles. The van der Waals surface area contributed by atoms with Crippen LogP contribution in [0.2, 0.25) is 0 Å². The lowest BCUT2D eigenvalue weighted by Gasteiger charge is -2.35. The summed E-state index contributed by atoms with van der Waals surface area (Å²) >= 11 is 2.76. The molecule has 0 unspecified atom stereocenters. The highest BCUT2D eigenvalue weighted by Crippen LogP contribution is 2.35. The van der Waals surface area contributed by atoms with Crippen LogP contribution in [0.15, 0.2) is 27.6 Å². The van der Waals surface area contributed by atoms with E-state index in [0.29, 0.717) is 12.1 Å². The maximum atomic E-state index is 14.2. The Labute approximate surface area is 205 Å². The molecular weight excluding hydrogens is 567 g/mol. The minimum absolute atomic E-state index is 0.195. The molecule has 8 nitrogen and oxygen atoms in total. The normalized spacial score (nSPS) is 15.1. The zero-order valence-corrected chi connectivity index (χ0v) is 20.3. The van der Waals surface area contributed by atoms with Gasteiger partial charge in [-0.3, -0.25) is 0 Å². The van der Waals surface area contributed by atoms with Crippen LogP contribution in [0.1, 0.15) is 28.5 Å². The number of carbonyl (C=O) groups is 1. The van der Waals surface area contributed by atoms with Gasteiger partial charge in [0, 0.05) is 26.2 Å². The Morgan fingerprint density at radius 1 is 1.17 bits per heavy atom. The topological polar surface area (TPSA) is 104 Å². The summed E-state index contributed by atoms with van der Waals surface area (Å²) < 4.78 is 99.7. The lowest BCUT2D eigenvalue weighted by molar-refractivity contribution is -0.141. The van der Waals surface area contributed by atoms with Crippen molar-refractivity contribution in [3.05, 3.63) is 51.1 Å². The predicted molar refractivity (Wildman–Crippen MR) is 115 cm³/mol. The van der Waals surface area contributed by atoms with Gasteiger partial charge in [-0.1, -0.05) is 0 Å². The number of nitrogens with zero attached hydrogens (tertiary/aromatic N) is 4. The van der Waals surface area contributed by atoms with E-state index in [0.717, 1.165) is 10.4 Å². The number of alkyl halides is 3. The van der Waals surface area contributed by atoms with E-state index in [-0.39, 0.29) is 42.8 Å². The van der Waals surface area contributed by atoms with Crippen molar-refractivity contribution in [2.75, 3.05) is 37.7 Å². The number of pyridine rings is 1. The fourth-order valence-electron chi connectivity index (χ4n) is 3.39. The third-order valence-corrected chi connectivity index (χ3v) is 7.54. The lowest BCUT2D eigenvalue weighted by Crippen LogP contribution is -2.49. The standard InChI is InChI=1S/C20H16BrF5N4O4S/c1-2-34-19(31)12-7-11(10-27)18(28-17(12)20(24,25)26)29-3-5-30(6-4-29)35(32,33)16-9-14(22)13(21)8-15(16)23/h7-9H,2-6H2,1H3. The molecule has 0 spiro atoms. The molecule has 1 aromatic heterocycles. The van der Waals surface area contributed by atoms with Crippen LogP contribution >= 0.6 is 15.9 Å². The van der Waals surface area contributed by atoms with Crippen LogP contribution < -0.4 is 4.90 Å². The van der Waals surface area contributed by atoms with Gasteiger partial charge in [-0.2, -0.15) is 22.7 Å². The highest BCUT2D eigenvalue weighted by molar-refractivity contribution is 9.10. The number of ether oxygens (including phenoxy) is 1. The van der Waals surface area contributed by atoms with Gasteiger partial charge in [0.1, 0.15) is 28.4 Å². The van der Waals surface area contributed by atoms with Crippen molar-refractivity contribution in [3.63, 3.8) is 0 Å². The average Bonchev–Trinajstić information content (AvgIpc) is 2.80. The molecule has 1 fully saturated rings. The van der Waals surface area contributed by atoms with Gasteiger partial charge in [0.25, 0.3) is 0 Å². The van der Waals surface area contributed by atoms with E-state index >= 15 is 0 Å². The number of halogens is 6. The molecule has 0 saturated carbocycles. The Morgan fingerprint density at radius 3 is 2.34 bits per heavy atom. The van der Waals surface area contributed by atoms with Gasteiger partial charge in [-0.25, -0.2) is 27.0 Å². The molecule has 1 saturated heterocycles. The third kappa shape index (κ3) is 5.39. The van der Waals surface area contributed by atoms with Crippen LogP contribution in [0.4, 0.5) is 27.8 Å². The first-order valence-corrected chi connectivity index (χ1v) is 12.1. The predicted octanol–water partition coefficient (Wildman–Crippen LogP) is 3.70. The van der Waals surface area contributed by atoms with Gasteiger partial charge in [-0.05, 0) is 41.1 Å². The SMILES string of the molecule is CCOC(=O)c1cc(C#N)c(N2CCN(S(=O)(=O)c3cc(F)c(Br)cc3F)CC2)nc1C(F)(F)F. The van der Waals surface area contributed by atoms with E-state index in [1.54, 1.807) is 6.07 Å². The van der Waals surface area contributed by atoms with Gasteiger partial charge in [-0.15, -0.1) is 0 Å². The van der Waals surface area contributed by atoms with Gasteiger partial charge in [0.15, 0.2) is 5.69 Å². The fourth-order valence-corrected chi connectivity index (χ4v) is 5.18. The largest absolute Gasteiger partial charge is 0.462 e. The average molecular weight is 583 g/mol. The van der Waals surface area contributed by atoms with Crippen LogP contribution in [0.25, 0.3) is 0 Å². The van der Waals surface area contributed by atoms with Crippen LogP contribution in [0, 0.1) is 23.0 Å². The Hall–Kier alpha value is -2.83. The van der Waals surface area contributed by atoms with Gasteiger partial charge >= 0.3 is 12.1 Å². The van der Waals surface area contributed by atoms with Crippen molar-refractivity contribution in [2.45, 2.75) is 18.0 Å². The first-order valence-electron chi connectivity index (χ1n) is 9.90. The van der Waals surface area contributed by atoms with E-state index in [9.17, 15) is 40.4 Å². The van der Waals surface area contributed by atoms with Crippen LogP contribution in [-0.4, -0.2) is 56.5 Å². The fraction of sp³-hybridized carbons (Fsp3) is 0.350. The number of rotatable bonds is 5. The zero-order valence-electron chi connectivity index (χ0n) is 17.9. The number of nitriles is 1. The van der Waals surface area contributed by atoms with E-state index in [1.807, 2.05) is 0 Å². The van der Waals surface area contributed by atoms with Crippen LogP contribution in [-0.2, 0) is 20.9 Å². The Bertz CT molecular complexity index is 1310. The number of sulfonamides is 1. The molecule has 0 amide bonds. The minimum Gasteiger partial charge on any atom is -0.462 e. The van der Waals surface area contributed by atoms with Crippen molar-refractivity contribution in [1.82, 2.24) is 9.29 Å². The van der Waals surface area contributed by atoms with Crippen molar-refractivity contribution in [1.29, 1.82) is 5.26 Å². The second-order valence-corrected chi connectivity index (χ2v) is 9.93. The molecule has 35 heavy (non-hydrogen) atoms. The van der Waals surface area contributed by atoms with Gasteiger partial charge in [0.05, 0.1) is 22.2 Å². The first-order chi connectivity index (χ1) is 16.3. The molecule has 2 heterocycles. The van der Waals surface area contributed by atoms with E-state index in [2.05, 4.69) is 25.7 Å². The highest BCUT2D eigenvalue weighted by atomic mass is 79.9. The summed E-state index contributed by atoms with van der Waals surface area (Å²) in [5.41, 5.74) is -2.82. The highest BCUT2D eigenvalue weighted by Gasteiger charge is 2.40. The molecule has 3 rings (SSSR count). The van der Waals surface area contributed by atoms with Crippen molar-refractivity contribution >= 4 is 37.7 Å². The summed E-state index contributed by atoms with van der Waals surface area (Å²) in [6.45, 7) is 0.161. The van der Waals surface area contributed by atoms with Crippen LogP contribution in [0.5, 0.6) is 0 Å². The molecule has 15 heteroatoms. The van der Waals surface area contributed by atoms with Crippen molar-refractivity contribution < 1.29 is 39.9 Å². The van der Waals surface area contributed by atoms with Crippen LogP contribution in [0.3, 0.4) is 0 Å². The minimum atomic E-state index is -5.04. The Kier molecular flexibility index (Phi) is 7.68. The maximum absolute atomic E-state index is 14.2. The maximum Gasteiger partial charge on any atom is 0.434 e. The van der Waals surface area contributed by atoms with E-state index in [4.69, 9.17) is 0 Å². The van der Waals surface area contributed by atoms with Crippen molar-refractivity contribution in [3.8, 4) is 6.07 Å². The molecule has 0 atom stereocenters. The van der Waals surface area contributed by atoms with E-state index < -0.39 is 55.8 Å². The Balaban J connectivity index is 1.92. The van der Waals surface area contributed by atoms with Gasteiger partial charge < -0.3 is 9.64 Å². The zero-order chi connectivity index (χ0) is 26.1. The summed E-state index contributed by atoms with van der Waals surface area (Å²) in [6.07, 6.45) is -5.04. The Morgan fingerprint density at radius 2 is 1.80 bits per heavy atom. The summed E-state index contributed by atoms with van der Waals surface area (Å²) in [5, 5.41) is 9.45. The molecule has 0 radical (unpaired) electrons.